The number of nitrogens with one attached hydrogen (secondary N) is 2. The van der Waals surface area contributed by atoms with Crippen LogP contribution in [0.2, 0.25) is 0 Å². The summed E-state index contributed by atoms with van der Waals surface area (Å²) in [4.78, 5) is 29.6. The van der Waals surface area contributed by atoms with Crippen molar-refractivity contribution in [3.05, 3.63) is 65.7 Å². The molecular weight excluding hydrogens is 354 g/mol. The van der Waals surface area contributed by atoms with E-state index in [1.807, 2.05) is 6.07 Å². The summed E-state index contributed by atoms with van der Waals surface area (Å²) in [5, 5.41) is 14.6. The molecule has 2 N–H and O–H groups in total. The van der Waals surface area contributed by atoms with Crippen molar-refractivity contribution in [2.75, 3.05) is 11.9 Å². The number of nitriles is 1. The highest BCUT2D eigenvalue weighted by molar-refractivity contribution is 6.06. The molecule has 142 valence electrons. The molecule has 2 aromatic heterocycles. The largest absolute Gasteiger partial charge is 0.351 e. The Morgan fingerprint density at radius 1 is 1.14 bits per heavy atom. The van der Waals surface area contributed by atoms with Gasteiger partial charge in [-0.1, -0.05) is 31.9 Å². The zero-order chi connectivity index (χ0) is 19.9. The van der Waals surface area contributed by atoms with Crippen LogP contribution in [-0.2, 0) is 0 Å². The highest BCUT2D eigenvalue weighted by Gasteiger charge is 2.21. The molecule has 1 aromatic carbocycles. The molecule has 2 amide bonds. The van der Waals surface area contributed by atoms with Gasteiger partial charge in [-0.2, -0.15) is 5.26 Å². The average Bonchev–Trinajstić information content (AvgIpc) is 3.11. The molecule has 0 aliphatic carbocycles. The van der Waals surface area contributed by atoms with Crippen LogP contribution in [0, 0.1) is 11.3 Å². The number of pyridine rings is 1. The molecule has 0 aliphatic heterocycles. The van der Waals surface area contributed by atoms with E-state index in [2.05, 4.69) is 22.5 Å². The number of hydrogen-bond acceptors (Lipinski definition) is 4. The first-order valence-electron chi connectivity index (χ1n) is 9.21. The summed E-state index contributed by atoms with van der Waals surface area (Å²) in [7, 11) is 0. The second kappa shape index (κ2) is 8.82. The molecule has 0 saturated carbocycles. The number of nitrogens with zero attached hydrogens (tertiary/aromatic N) is 3. The fourth-order valence-corrected chi connectivity index (χ4v) is 2.88. The lowest BCUT2D eigenvalue weighted by atomic mass is 10.2. The van der Waals surface area contributed by atoms with E-state index in [4.69, 9.17) is 5.26 Å². The standard InChI is InChI=1S/C21H21N5O2/c1-2-3-5-11-23-20(27)18-17-10-4-6-12-26(17)19(25-18)21(28)24-16-9-7-8-15(13-16)14-22/h4,6-10,12-13H,2-3,5,11H2,1H3,(H,23,27)(H,24,28). The lowest BCUT2D eigenvalue weighted by Gasteiger charge is -2.04. The molecule has 0 radical (unpaired) electrons. The molecule has 0 atom stereocenters. The third-order valence-electron chi connectivity index (χ3n) is 4.28. The van der Waals surface area contributed by atoms with Crippen molar-refractivity contribution in [3.8, 4) is 6.07 Å². The van der Waals surface area contributed by atoms with Crippen LogP contribution < -0.4 is 10.6 Å². The van der Waals surface area contributed by atoms with Crippen molar-refractivity contribution in [1.29, 1.82) is 5.26 Å². The number of aromatic nitrogens is 2. The molecule has 3 aromatic rings. The summed E-state index contributed by atoms with van der Waals surface area (Å²) in [5.41, 5.74) is 1.71. The molecule has 0 unspecified atom stereocenters. The third-order valence-corrected chi connectivity index (χ3v) is 4.28. The van der Waals surface area contributed by atoms with Crippen LogP contribution in [0.15, 0.2) is 48.7 Å². The van der Waals surface area contributed by atoms with Gasteiger partial charge in [0.15, 0.2) is 5.69 Å². The monoisotopic (exact) mass is 375 g/mol. The number of anilines is 1. The lowest BCUT2D eigenvalue weighted by molar-refractivity contribution is 0.0950. The Morgan fingerprint density at radius 2 is 2.00 bits per heavy atom. The summed E-state index contributed by atoms with van der Waals surface area (Å²) in [6.07, 6.45) is 4.70. The van der Waals surface area contributed by atoms with Gasteiger partial charge in [0.25, 0.3) is 11.8 Å². The van der Waals surface area contributed by atoms with E-state index in [0.29, 0.717) is 23.3 Å². The van der Waals surface area contributed by atoms with Gasteiger partial charge in [-0.25, -0.2) is 4.98 Å². The molecule has 0 aliphatic rings. The minimum Gasteiger partial charge on any atom is -0.351 e. The van der Waals surface area contributed by atoms with Crippen molar-refractivity contribution in [2.24, 2.45) is 0 Å². The summed E-state index contributed by atoms with van der Waals surface area (Å²) in [5.74, 6) is -0.650. The van der Waals surface area contributed by atoms with E-state index >= 15 is 0 Å². The molecule has 0 bridgehead atoms. The average molecular weight is 375 g/mol. The van der Waals surface area contributed by atoms with Gasteiger partial charge in [0.05, 0.1) is 17.1 Å². The van der Waals surface area contributed by atoms with Crippen LogP contribution in [0.5, 0.6) is 0 Å². The van der Waals surface area contributed by atoms with Gasteiger partial charge in [0.2, 0.25) is 5.82 Å². The zero-order valence-electron chi connectivity index (χ0n) is 15.6. The molecule has 7 nitrogen and oxygen atoms in total. The molecular formula is C21H21N5O2. The van der Waals surface area contributed by atoms with Gasteiger partial charge in [-0.15, -0.1) is 0 Å². The molecule has 0 saturated heterocycles. The van der Waals surface area contributed by atoms with Crippen LogP contribution in [0.3, 0.4) is 0 Å². The number of benzene rings is 1. The number of carbonyl (C=O) groups is 2. The lowest BCUT2D eigenvalue weighted by Crippen LogP contribution is -2.25. The van der Waals surface area contributed by atoms with Crippen LogP contribution in [0.4, 0.5) is 5.69 Å². The highest BCUT2D eigenvalue weighted by Crippen LogP contribution is 2.16. The first kappa shape index (κ1) is 19.1. The van der Waals surface area contributed by atoms with Gasteiger partial charge in [0.1, 0.15) is 0 Å². The Labute approximate surface area is 163 Å². The normalized spacial score (nSPS) is 10.4. The number of imidazole rings is 1. The number of carbonyl (C=O) groups excluding carboxylic acids is 2. The van der Waals surface area contributed by atoms with Gasteiger partial charge in [-0.3, -0.25) is 14.0 Å². The smallest absolute Gasteiger partial charge is 0.292 e. The molecule has 7 heteroatoms. The van der Waals surface area contributed by atoms with Crippen LogP contribution in [0.1, 0.15) is 52.9 Å². The second-order valence-corrected chi connectivity index (χ2v) is 6.35. The Bertz CT molecular complexity index is 1050. The van der Waals surface area contributed by atoms with E-state index in [9.17, 15) is 9.59 Å². The molecule has 0 spiro atoms. The topological polar surface area (TPSA) is 99.3 Å². The Morgan fingerprint density at radius 3 is 2.79 bits per heavy atom. The molecule has 0 fully saturated rings. The van der Waals surface area contributed by atoms with Crippen LogP contribution in [0.25, 0.3) is 5.52 Å². The number of amides is 2. The van der Waals surface area contributed by atoms with Gasteiger partial charge >= 0.3 is 0 Å². The van der Waals surface area contributed by atoms with E-state index in [1.165, 1.54) is 0 Å². The number of rotatable bonds is 7. The van der Waals surface area contributed by atoms with Crippen molar-refractivity contribution in [2.45, 2.75) is 26.2 Å². The van der Waals surface area contributed by atoms with E-state index < -0.39 is 5.91 Å². The fourth-order valence-electron chi connectivity index (χ4n) is 2.88. The zero-order valence-corrected chi connectivity index (χ0v) is 15.6. The maximum absolute atomic E-state index is 12.8. The van der Waals surface area contributed by atoms with Crippen molar-refractivity contribution in [3.63, 3.8) is 0 Å². The quantitative estimate of drug-likeness (QED) is 0.618. The van der Waals surface area contributed by atoms with Gasteiger partial charge in [-0.05, 0) is 36.8 Å². The van der Waals surface area contributed by atoms with Gasteiger partial charge < -0.3 is 10.6 Å². The molecule has 3 rings (SSSR count). The van der Waals surface area contributed by atoms with Crippen molar-refractivity contribution >= 4 is 23.0 Å². The fraction of sp³-hybridized carbons (Fsp3) is 0.238. The maximum atomic E-state index is 12.8. The first-order valence-corrected chi connectivity index (χ1v) is 9.21. The van der Waals surface area contributed by atoms with Crippen LogP contribution >= 0.6 is 0 Å². The highest BCUT2D eigenvalue weighted by atomic mass is 16.2. The van der Waals surface area contributed by atoms with E-state index in [1.54, 1.807) is 53.1 Å². The summed E-state index contributed by atoms with van der Waals surface area (Å²) in [6.45, 7) is 2.67. The predicted molar refractivity (Wildman–Crippen MR) is 106 cm³/mol. The second-order valence-electron chi connectivity index (χ2n) is 6.35. The first-order chi connectivity index (χ1) is 13.6. The summed E-state index contributed by atoms with van der Waals surface area (Å²) < 4.78 is 1.59. The SMILES string of the molecule is CCCCCNC(=O)c1nc(C(=O)Nc2cccc(C#N)c2)n2ccccc12. The number of hydrogen-bond donors (Lipinski definition) is 2. The number of fused-ring (bicyclic) bond motifs is 1. The minimum absolute atomic E-state index is 0.108. The van der Waals surface area contributed by atoms with Crippen LogP contribution in [-0.4, -0.2) is 27.7 Å². The predicted octanol–water partition coefficient (Wildman–Crippen LogP) is 3.38. The Hall–Kier alpha value is -3.66. The molecule has 28 heavy (non-hydrogen) atoms. The molecule has 2 heterocycles. The summed E-state index contributed by atoms with van der Waals surface area (Å²) in [6, 6.07) is 14.0. The Balaban J connectivity index is 1.86. The van der Waals surface area contributed by atoms with E-state index in [-0.39, 0.29) is 17.4 Å². The Kier molecular flexibility index (Phi) is 6.02. The number of unbranched alkanes of at least 4 members (excludes halogenated alkanes) is 2. The van der Waals surface area contributed by atoms with E-state index in [0.717, 1.165) is 19.3 Å². The minimum atomic E-state index is -0.457. The maximum Gasteiger partial charge on any atom is 0.292 e. The van der Waals surface area contributed by atoms with Crippen molar-refractivity contribution < 1.29 is 9.59 Å². The third kappa shape index (κ3) is 4.18. The summed E-state index contributed by atoms with van der Waals surface area (Å²) >= 11 is 0. The van der Waals surface area contributed by atoms with Crippen molar-refractivity contribution in [1.82, 2.24) is 14.7 Å². The van der Waals surface area contributed by atoms with Gasteiger partial charge in [0, 0.05) is 18.4 Å².